The molecular formula is C23H22Cl2FNO2. The molecule has 0 fully saturated rings. The lowest BCUT2D eigenvalue weighted by atomic mass is 9.84. The molecule has 0 bridgehead atoms. The Kier molecular flexibility index (Phi) is 5.84. The van der Waals surface area contributed by atoms with Crippen molar-refractivity contribution >= 4 is 40.1 Å². The molecule has 1 aliphatic carbocycles. The van der Waals surface area contributed by atoms with E-state index in [4.69, 9.17) is 27.9 Å². The predicted molar refractivity (Wildman–Crippen MR) is 114 cm³/mol. The van der Waals surface area contributed by atoms with Crippen molar-refractivity contribution in [3.63, 3.8) is 0 Å². The molecular weight excluding hydrogens is 412 g/mol. The van der Waals surface area contributed by atoms with Crippen LogP contribution in [0, 0.1) is 5.82 Å². The van der Waals surface area contributed by atoms with Gasteiger partial charge in [0.05, 0.1) is 13.0 Å². The number of esters is 1. The normalized spacial score (nSPS) is 16.1. The second-order valence-electron chi connectivity index (χ2n) is 7.45. The number of benzene rings is 2. The Bertz CT molecular complexity index is 1080. The zero-order chi connectivity index (χ0) is 20.5. The first-order chi connectivity index (χ1) is 14.0. The van der Waals surface area contributed by atoms with Crippen LogP contribution in [0.25, 0.3) is 10.9 Å². The minimum atomic E-state index is -0.255. The van der Waals surface area contributed by atoms with Crippen LogP contribution in [0.15, 0.2) is 36.4 Å². The van der Waals surface area contributed by atoms with Crippen molar-refractivity contribution in [3.8, 4) is 0 Å². The zero-order valence-electron chi connectivity index (χ0n) is 16.2. The molecule has 0 spiro atoms. The Hall–Kier alpha value is -2.04. The first kappa shape index (κ1) is 20.2. The Morgan fingerprint density at radius 2 is 2.07 bits per heavy atom. The van der Waals surface area contributed by atoms with Gasteiger partial charge in [0, 0.05) is 39.1 Å². The zero-order valence-corrected chi connectivity index (χ0v) is 17.7. The summed E-state index contributed by atoms with van der Waals surface area (Å²) >= 11 is 12.5. The first-order valence-electron chi connectivity index (χ1n) is 9.88. The van der Waals surface area contributed by atoms with Gasteiger partial charge in [-0.05, 0) is 67.6 Å². The van der Waals surface area contributed by atoms with Crippen molar-refractivity contribution < 1.29 is 13.9 Å². The monoisotopic (exact) mass is 433 g/mol. The van der Waals surface area contributed by atoms with Crippen LogP contribution in [-0.2, 0) is 22.5 Å². The lowest BCUT2D eigenvalue weighted by molar-refractivity contribution is -0.143. The van der Waals surface area contributed by atoms with Crippen molar-refractivity contribution in [1.82, 2.24) is 4.57 Å². The highest BCUT2D eigenvalue weighted by Gasteiger charge is 2.30. The number of rotatable bonds is 5. The molecule has 3 nitrogen and oxygen atoms in total. The highest BCUT2D eigenvalue weighted by molar-refractivity contribution is 6.35. The number of halogens is 3. The fourth-order valence-electron chi connectivity index (χ4n) is 4.42. The molecule has 4 rings (SSSR count). The maximum atomic E-state index is 14.0. The quantitative estimate of drug-likeness (QED) is 0.429. The third-order valence-electron chi connectivity index (χ3n) is 5.60. The fraction of sp³-hybridized carbons (Fsp3) is 0.348. The van der Waals surface area contributed by atoms with Crippen molar-refractivity contribution in [1.29, 1.82) is 0 Å². The molecule has 1 atom stereocenters. The maximum absolute atomic E-state index is 14.0. The molecule has 0 saturated heterocycles. The van der Waals surface area contributed by atoms with Crippen molar-refractivity contribution in [2.45, 2.75) is 45.1 Å². The van der Waals surface area contributed by atoms with Gasteiger partial charge in [-0.15, -0.1) is 0 Å². The maximum Gasteiger partial charge on any atom is 0.306 e. The molecule has 1 aromatic heterocycles. The lowest BCUT2D eigenvalue weighted by Gasteiger charge is -2.25. The fourth-order valence-corrected chi connectivity index (χ4v) is 4.89. The van der Waals surface area contributed by atoms with Gasteiger partial charge in [0.1, 0.15) is 5.82 Å². The number of carbonyl (C=O) groups excluding carboxylic acids is 1. The molecule has 1 aliphatic rings. The van der Waals surface area contributed by atoms with Gasteiger partial charge in [-0.3, -0.25) is 4.79 Å². The molecule has 3 aromatic rings. The van der Waals surface area contributed by atoms with E-state index in [-0.39, 0.29) is 17.7 Å². The van der Waals surface area contributed by atoms with Crippen LogP contribution in [0.4, 0.5) is 4.39 Å². The van der Waals surface area contributed by atoms with Gasteiger partial charge in [0.2, 0.25) is 0 Å². The van der Waals surface area contributed by atoms with Gasteiger partial charge in [0.15, 0.2) is 0 Å². The summed E-state index contributed by atoms with van der Waals surface area (Å²) < 4.78 is 21.4. The largest absolute Gasteiger partial charge is 0.466 e. The topological polar surface area (TPSA) is 31.2 Å². The summed E-state index contributed by atoms with van der Waals surface area (Å²) in [6, 6.07) is 10.3. The highest BCUT2D eigenvalue weighted by Crippen LogP contribution is 2.41. The van der Waals surface area contributed by atoms with E-state index < -0.39 is 0 Å². The van der Waals surface area contributed by atoms with Crippen LogP contribution in [0.2, 0.25) is 10.0 Å². The van der Waals surface area contributed by atoms with Crippen LogP contribution >= 0.6 is 23.2 Å². The molecule has 2 aromatic carbocycles. The number of hydrogen-bond donors (Lipinski definition) is 0. The number of fused-ring (bicyclic) bond motifs is 3. The molecule has 0 aliphatic heterocycles. The number of carbonyl (C=O) groups is 1. The van der Waals surface area contributed by atoms with E-state index in [0.29, 0.717) is 29.6 Å². The Balaban J connectivity index is 1.84. The van der Waals surface area contributed by atoms with Gasteiger partial charge in [-0.2, -0.15) is 0 Å². The molecule has 0 N–H and O–H groups in total. The van der Waals surface area contributed by atoms with Crippen molar-refractivity contribution in [2.75, 3.05) is 6.61 Å². The van der Waals surface area contributed by atoms with Crippen LogP contribution in [0.3, 0.4) is 0 Å². The van der Waals surface area contributed by atoms with E-state index in [0.717, 1.165) is 47.0 Å². The Labute approximate surface area is 179 Å². The molecule has 0 saturated carbocycles. The molecule has 1 unspecified atom stereocenters. The van der Waals surface area contributed by atoms with Crippen LogP contribution in [0.5, 0.6) is 0 Å². The van der Waals surface area contributed by atoms with E-state index in [9.17, 15) is 9.18 Å². The lowest BCUT2D eigenvalue weighted by Crippen LogP contribution is -2.19. The summed E-state index contributed by atoms with van der Waals surface area (Å²) in [7, 11) is 0. The number of aromatic nitrogens is 1. The smallest absolute Gasteiger partial charge is 0.306 e. The summed E-state index contributed by atoms with van der Waals surface area (Å²) in [5.74, 6) is -0.410. The van der Waals surface area contributed by atoms with Crippen LogP contribution in [0.1, 0.15) is 48.9 Å². The standard InChI is InChI=1S/C23H22Cl2FNO2/c1-2-29-22(28)10-14-4-3-5-18-19-12-17(26)8-9-21(19)27(23(14)18)13-15-6-7-16(24)11-20(15)25/h6-9,11-12,14H,2-5,10,13H2,1H3. The summed E-state index contributed by atoms with van der Waals surface area (Å²) in [6.45, 7) is 2.71. The average molecular weight is 434 g/mol. The third-order valence-corrected chi connectivity index (χ3v) is 6.19. The van der Waals surface area contributed by atoms with Crippen LogP contribution < -0.4 is 0 Å². The minimum absolute atomic E-state index is 0.0411. The third kappa shape index (κ3) is 4.01. The minimum Gasteiger partial charge on any atom is -0.466 e. The molecule has 0 amide bonds. The molecule has 1 heterocycles. The Morgan fingerprint density at radius 3 is 2.83 bits per heavy atom. The Morgan fingerprint density at radius 1 is 1.24 bits per heavy atom. The first-order valence-corrected chi connectivity index (χ1v) is 10.6. The number of hydrogen-bond acceptors (Lipinski definition) is 2. The highest BCUT2D eigenvalue weighted by atomic mass is 35.5. The summed E-state index contributed by atoms with van der Waals surface area (Å²) in [4.78, 5) is 12.2. The van der Waals surface area contributed by atoms with Gasteiger partial charge in [-0.1, -0.05) is 29.3 Å². The van der Waals surface area contributed by atoms with Gasteiger partial charge >= 0.3 is 5.97 Å². The van der Waals surface area contributed by atoms with Crippen molar-refractivity contribution in [3.05, 3.63) is 69.1 Å². The van der Waals surface area contributed by atoms with E-state index in [1.54, 1.807) is 12.1 Å². The number of aryl methyl sites for hydroxylation is 1. The molecule has 6 heteroatoms. The average Bonchev–Trinajstić information content (AvgIpc) is 2.98. The van der Waals surface area contributed by atoms with E-state index in [1.165, 1.54) is 6.07 Å². The summed E-state index contributed by atoms with van der Waals surface area (Å²) in [5, 5.41) is 2.09. The van der Waals surface area contributed by atoms with Gasteiger partial charge in [0.25, 0.3) is 0 Å². The van der Waals surface area contributed by atoms with Crippen LogP contribution in [-0.4, -0.2) is 17.1 Å². The SMILES string of the molecule is CCOC(=O)CC1CCCc2c1n(Cc1ccc(Cl)cc1Cl)c1ccc(F)cc21. The number of ether oxygens (including phenoxy) is 1. The van der Waals surface area contributed by atoms with E-state index >= 15 is 0 Å². The summed E-state index contributed by atoms with van der Waals surface area (Å²) in [6.07, 6.45) is 3.07. The van der Waals surface area contributed by atoms with Gasteiger partial charge < -0.3 is 9.30 Å². The predicted octanol–water partition coefficient (Wildman–Crippen LogP) is 6.51. The number of nitrogens with zero attached hydrogens (tertiary/aromatic N) is 1. The van der Waals surface area contributed by atoms with Gasteiger partial charge in [-0.25, -0.2) is 4.39 Å². The second-order valence-corrected chi connectivity index (χ2v) is 8.29. The van der Waals surface area contributed by atoms with E-state index in [1.807, 2.05) is 25.1 Å². The van der Waals surface area contributed by atoms with Crippen molar-refractivity contribution in [2.24, 2.45) is 0 Å². The molecule has 29 heavy (non-hydrogen) atoms. The molecule has 0 radical (unpaired) electrons. The molecule has 152 valence electrons. The second kappa shape index (κ2) is 8.37. The van der Waals surface area contributed by atoms with E-state index in [2.05, 4.69) is 4.57 Å². The summed E-state index contributed by atoms with van der Waals surface area (Å²) in [5.41, 5.74) is 4.11.